The fourth-order valence-electron chi connectivity index (χ4n) is 9.40. The largest absolute Gasteiger partial charge is 0.507 e. The monoisotopic (exact) mass is 909 g/mol. The third kappa shape index (κ3) is 11.5. The van der Waals surface area contributed by atoms with Crippen molar-refractivity contribution in [3.05, 3.63) is 68.8 Å². The van der Waals surface area contributed by atoms with E-state index in [1.54, 1.807) is 18.2 Å². The quantitative estimate of drug-likeness (QED) is 0.182. The molecular weight excluding hydrogens is 833 g/mol. The molecule has 2 aromatic carbocycles. The van der Waals surface area contributed by atoms with Crippen LogP contribution in [0.1, 0.15) is 200 Å². The maximum Gasteiger partial charge on any atom is 0.334 e. The zero-order valence-electron chi connectivity index (χ0n) is 42.0. The van der Waals surface area contributed by atoms with Crippen molar-refractivity contribution in [1.29, 1.82) is 0 Å². The molecule has 4 fully saturated rings. The van der Waals surface area contributed by atoms with E-state index in [2.05, 4.69) is 5.32 Å². The van der Waals surface area contributed by atoms with Gasteiger partial charge in [-0.15, -0.1) is 0 Å². The van der Waals surface area contributed by atoms with Gasteiger partial charge in [-0.3, -0.25) is 39.2 Å². The first-order chi connectivity index (χ1) is 30.6. The molecule has 0 radical (unpaired) electrons. The summed E-state index contributed by atoms with van der Waals surface area (Å²) in [5.74, 6) is -1.75. The van der Waals surface area contributed by atoms with Crippen LogP contribution in [0.25, 0.3) is 12.2 Å². The van der Waals surface area contributed by atoms with Gasteiger partial charge in [0.2, 0.25) is 0 Å². The second kappa shape index (κ2) is 19.9. The predicted octanol–water partition coefficient (Wildman–Crippen LogP) is 11.1. The van der Waals surface area contributed by atoms with E-state index in [1.807, 2.05) is 102 Å². The Morgan fingerprint density at radius 3 is 1.23 bits per heavy atom. The number of unbranched alkanes of at least 4 members (excludes halogenated alkanes) is 1. The third-order valence-electron chi connectivity index (χ3n) is 13.2. The summed E-state index contributed by atoms with van der Waals surface area (Å²) in [4.78, 5) is 82.5. The maximum absolute atomic E-state index is 13.8. The van der Waals surface area contributed by atoms with Crippen molar-refractivity contribution in [3.63, 3.8) is 0 Å². The number of urea groups is 2. The Kier molecular flexibility index (Phi) is 15.6. The zero-order valence-corrected chi connectivity index (χ0v) is 42.0. The summed E-state index contributed by atoms with van der Waals surface area (Å²) >= 11 is 0. The summed E-state index contributed by atoms with van der Waals surface area (Å²) in [5, 5.41) is 24.2. The van der Waals surface area contributed by atoms with Gasteiger partial charge in [0.05, 0.1) is 0 Å². The van der Waals surface area contributed by atoms with Gasteiger partial charge in [-0.25, -0.2) is 9.59 Å². The molecule has 2 aliphatic heterocycles. The minimum atomic E-state index is -0.699. The molecular formula is C54H76N4O8. The highest BCUT2D eigenvalue weighted by atomic mass is 16.3. The third-order valence-corrected chi connectivity index (χ3v) is 13.2. The number of phenols is 2. The molecule has 2 saturated carbocycles. The van der Waals surface area contributed by atoms with Crippen molar-refractivity contribution in [2.75, 3.05) is 6.54 Å². The van der Waals surface area contributed by atoms with Crippen molar-refractivity contribution < 1.29 is 39.0 Å². The number of phenolic OH excluding ortho intramolecular Hbond substituents is 2. The van der Waals surface area contributed by atoms with Crippen LogP contribution in [0.5, 0.6) is 11.5 Å². The Hall–Kier alpha value is -5.26. The summed E-state index contributed by atoms with van der Waals surface area (Å²) in [5.41, 5.74) is 2.99. The summed E-state index contributed by atoms with van der Waals surface area (Å²) in [6.45, 7) is 26.4. The van der Waals surface area contributed by atoms with Gasteiger partial charge in [0.15, 0.2) is 0 Å². The van der Waals surface area contributed by atoms with Gasteiger partial charge >= 0.3 is 12.1 Å². The number of nitrogens with one attached hydrogen (secondary N) is 1. The van der Waals surface area contributed by atoms with E-state index >= 15 is 0 Å². The topological polar surface area (TPSA) is 165 Å². The highest BCUT2D eigenvalue weighted by Crippen LogP contribution is 2.42. The Balaban J connectivity index is 0.000000256. The van der Waals surface area contributed by atoms with Crippen LogP contribution >= 0.6 is 0 Å². The lowest BCUT2D eigenvalue weighted by atomic mass is 9.78. The number of carbonyl (C=O) groups excluding carboxylic acids is 6. The van der Waals surface area contributed by atoms with Crippen LogP contribution in [0.4, 0.5) is 9.59 Å². The molecule has 2 heterocycles. The Morgan fingerprint density at radius 2 is 0.894 bits per heavy atom. The van der Waals surface area contributed by atoms with Crippen LogP contribution in [0.3, 0.4) is 0 Å². The maximum atomic E-state index is 13.8. The van der Waals surface area contributed by atoms with E-state index in [1.165, 1.54) is 15.9 Å². The lowest BCUT2D eigenvalue weighted by Gasteiger charge is -2.43. The van der Waals surface area contributed by atoms with Crippen molar-refractivity contribution in [1.82, 2.24) is 20.0 Å². The Morgan fingerprint density at radius 1 is 0.545 bits per heavy atom. The van der Waals surface area contributed by atoms with Gasteiger partial charge in [-0.2, -0.15) is 0 Å². The molecule has 12 nitrogen and oxygen atoms in total. The van der Waals surface area contributed by atoms with Gasteiger partial charge in [0.25, 0.3) is 23.6 Å². The molecule has 0 atom stereocenters. The number of amides is 8. The van der Waals surface area contributed by atoms with E-state index in [9.17, 15) is 39.0 Å². The number of hydrogen-bond donors (Lipinski definition) is 3. The van der Waals surface area contributed by atoms with E-state index in [0.29, 0.717) is 17.5 Å². The van der Waals surface area contributed by atoms with Crippen LogP contribution < -0.4 is 5.32 Å². The molecule has 0 aromatic heterocycles. The fraction of sp³-hybridized carbons (Fsp3) is 0.593. The number of barbiturate groups is 2. The summed E-state index contributed by atoms with van der Waals surface area (Å²) in [6.07, 6.45) is 14.0. The average molecular weight is 909 g/mol. The van der Waals surface area contributed by atoms with Crippen LogP contribution in [0.2, 0.25) is 0 Å². The molecule has 2 aromatic rings. The lowest BCUT2D eigenvalue weighted by molar-refractivity contribution is -0.139. The van der Waals surface area contributed by atoms with E-state index in [4.69, 9.17) is 0 Å². The minimum Gasteiger partial charge on any atom is -0.507 e. The lowest BCUT2D eigenvalue weighted by Crippen LogP contribution is -2.62. The molecule has 6 rings (SSSR count). The average Bonchev–Trinajstić information content (AvgIpc) is 3.21. The second-order valence-electron chi connectivity index (χ2n) is 22.8. The first-order valence-corrected chi connectivity index (χ1v) is 24.2. The van der Waals surface area contributed by atoms with Crippen molar-refractivity contribution in [3.8, 4) is 11.5 Å². The molecule has 2 saturated heterocycles. The van der Waals surface area contributed by atoms with E-state index < -0.39 is 35.7 Å². The molecule has 0 unspecified atom stereocenters. The van der Waals surface area contributed by atoms with Gasteiger partial charge in [0.1, 0.15) is 22.6 Å². The molecule has 360 valence electrons. The molecule has 0 spiro atoms. The number of rotatable bonds is 7. The summed E-state index contributed by atoms with van der Waals surface area (Å²) in [6, 6.07) is 5.92. The number of carbonyl (C=O) groups is 6. The molecule has 8 amide bonds. The number of nitrogens with zero attached hydrogens (tertiary/aromatic N) is 3. The molecule has 12 heteroatoms. The molecule has 0 bridgehead atoms. The molecule has 4 aliphatic rings. The normalized spacial score (nSPS) is 19.4. The number of hydrogen-bond acceptors (Lipinski definition) is 8. The highest BCUT2D eigenvalue weighted by molar-refractivity contribution is 6.32. The van der Waals surface area contributed by atoms with Gasteiger partial charge in [0, 0.05) is 40.9 Å². The SMILES string of the molecule is CC(C)(C)c1cc(C=C2C(=O)N(C3CCCCC3)C(=O)N(C3CCCCC3)C2=O)cc(C(C)(C)C)c1O.CCCCN1C(=O)NC(=O)C(=Cc2cc(C(C)(C)C)c(O)c(C(C)(C)C)c2)C1=O. The Labute approximate surface area is 393 Å². The van der Waals surface area contributed by atoms with Crippen LogP contribution in [0, 0.1) is 0 Å². The number of aromatic hydroxyl groups is 2. The number of imide groups is 4. The molecule has 3 N–H and O–H groups in total. The van der Waals surface area contributed by atoms with E-state index in [0.717, 1.165) is 97.8 Å². The van der Waals surface area contributed by atoms with Crippen LogP contribution in [-0.4, -0.2) is 79.2 Å². The first kappa shape index (κ1) is 51.7. The van der Waals surface area contributed by atoms with Crippen LogP contribution in [-0.2, 0) is 40.8 Å². The minimum absolute atomic E-state index is 0.0566. The van der Waals surface area contributed by atoms with Crippen molar-refractivity contribution in [2.45, 2.75) is 201 Å². The van der Waals surface area contributed by atoms with Crippen molar-refractivity contribution in [2.24, 2.45) is 0 Å². The predicted molar refractivity (Wildman–Crippen MR) is 260 cm³/mol. The molecule has 66 heavy (non-hydrogen) atoms. The number of benzene rings is 2. The van der Waals surface area contributed by atoms with Gasteiger partial charge < -0.3 is 10.2 Å². The molecule has 2 aliphatic carbocycles. The fourth-order valence-corrected chi connectivity index (χ4v) is 9.40. The van der Waals surface area contributed by atoms with Crippen LogP contribution in [0.15, 0.2) is 35.4 Å². The highest BCUT2D eigenvalue weighted by Gasteiger charge is 2.48. The van der Waals surface area contributed by atoms with Gasteiger partial charge in [-0.1, -0.05) is 135 Å². The Bertz CT molecular complexity index is 2170. The zero-order chi connectivity index (χ0) is 49.3. The standard InChI is InChI=1S/C31H44N2O4.C23H32N2O4/c1-30(2,3)24-18-20(19-25(26(24)34)31(4,5)6)17-23-27(35)32(21-13-9-7-10-14-21)29(37)33(28(23)36)22-15-11-8-12-16-22;1-8-9-10-25-20(28)15(19(27)24-21(25)29)11-14-12-16(22(2,3)4)18(26)17(13-14)23(5,6)7/h17-19,21-22,34H,7-16H2,1-6H3;11-13,26H,8-10H2,1-7H3,(H,24,27,29). The van der Waals surface area contributed by atoms with E-state index in [-0.39, 0.29) is 62.9 Å². The van der Waals surface area contributed by atoms with Crippen molar-refractivity contribution >= 4 is 47.8 Å². The second-order valence-corrected chi connectivity index (χ2v) is 22.8. The first-order valence-electron chi connectivity index (χ1n) is 24.2. The summed E-state index contributed by atoms with van der Waals surface area (Å²) < 4.78 is 0. The summed E-state index contributed by atoms with van der Waals surface area (Å²) in [7, 11) is 0. The van der Waals surface area contributed by atoms with Gasteiger partial charge in [-0.05, 0) is 101 Å². The smallest absolute Gasteiger partial charge is 0.334 e.